The number of nitrogens with one attached hydrogen (secondary N) is 2. The third kappa shape index (κ3) is 3.61. The third-order valence-electron chi connectivity index (χ3n) is 4.01. The van der Waals surface area contributed by atoms with Crippen molar-refractivity contribution in [1.29, 1.82) is 0 Å². The molecule has 0 spiro atoms. The van der Waals surface area contributed by atoms with Gasteiger partial charge >= 0.3 is 0 Å². The van der Waals surface area contributed by atoms with E-state index in [0.29, 0.717) is 6.54 Å². The van der Waals surface area contributed by atoms with E-state index < -0.39 is 5.25 Å². The zero-order valence-corrected chi connectivity index (χ0v) is 16.0. The largest absolute Gasteiger partial charge is 0.350 e. The molecule has 0 radical (unpaired) electrons. The lowest BCUT2D eigenvalue weighted by molar-refractivity contribution is -0.124. The van der Waals surface area contributed by atoms with Gasteiger partial charge in [0.05, 0.1) is 23.2 Å². The number of imidazole rings is 1. The minimum absolute atomic E-state index is 0.129. The van der Waals surface area contributed by atoms with Crippen LogP contribution in [0.3, 0.4) is 0 Å². The molecule has 0 saturated heterocycles. The van der Waals surface area contributed by atoms with Gasteiger partial charge in [0.15, 0.2) is 0 Å². The second-order valence-electron chi connectivity index (χ2n) is 5.92. The molecule has 0 fully saturated rings. The minimum atomic E-state index is -0.429. The van der Waals surface area contributed by atoms with Crippen LogP contribution in [0.25, 0.3) is 5.65 Å². The van der Waals surface area contributed by atoms with Gasteiger partial charge < -0.3 is 15.0 Å². The molecule has 2 N–H and O–H groups in total. The van der Waals surface area contributed by atoms with E-state index in [1.165, 1.54) is 11.8 Å². The minimum Gasteiger partial charge on any atom is -0.350 e. The van der Waals surface area contributed by atoms with Gasteiger partial charge in [-0.15, -0.1) is 11.8 Å². The van der Waals surface area contributed by atoms with Crippen molar-refractivity contribution >= 4 is 50.8 Å². The first kappa shape index (κ1) is 17.1. The number of nitrogens with zero attached hydrogens (tertiary/aromatic N) is 2. The highest BCUT2D eigenvalue weighted by Gasteiger charge is 2.28. The summed E-state index contributed by atoms with van der Waals surface area (Å²) in [6.45, 7) is 0.327. The maximum absolute atomic E-state index is 12.3. The van der Waals surface area contributed by atoms with E-state index in [9.17, 15) is 9.59 Å². The van der Waals surface area contributed by atoms with Crippen molar-refractivity contribution in [2.75, 3.05) is 5.32 Å². The van der Waals surface area contributed by atoms with Gasteiger partial charge in [0.2, 0.25) is 11.8 Å². The van der Waals surface area contributed by atoms with Gasteiger partial charge in [-0.1, -0.05) is 12.1 Å². The normalized spacial score (nSPS) is 16.2. The van der Waals surface area contributed by atoms with E-state index in [1.807, 2.05) is 53.2 Å². The van der Waals surface area contributed by atoms with Crippen LogP contribution in [-0.4, -0.2) is 26.4 Å². The number of thioether (sulfide) groups is 1. The topological polar surface area (TPSA) is 75.5 Å². The molecule has 3 heterocycles. The van der Waals surface area contributed by atoms with Crippen LogP contribution >= 0.6 is 27.7 Å². The van der Waals surface area contributed by atoms with E-state index in [-0.39, 0.29) is 18.2 Å². The summed E-state index contributed by atoms with van der Waals surface area (Å²) in [6.07, 6.45) is 3.91. The monoisotopic (exact) mass is 430 g/mol. The maximum Gasteiger partial charge on any atom is 0.238 e. The number of halogens is 1. The van der Waals surface area contributed by atoms with Crippen molar-refractivity contribution in [3.05, 3.63) is 59.0 Å². The maximum atomic E-state index is 12.3. The van der Waals surface area contributed by atoms with E-state index >= 15 is 0 Å². The molecule has 2 aromatic heterocycles. The number of hydrogen-bond donors (Lipinski definition) is 2. The fraction of sp³-hybridized carbons (Fsp3) is 0.167. The van der Waals surface area contributed by atoms with Crippen LogP contribution in [0, 0.1) is 0 Å². The number of hydrogen-bond acceptors (Lipinski definition) is 4. The molecule has 8 heteroatoms. The number of amides is 2. The predicted molar refractivity (Wildman–Crippen MR) is 104 cm³/mol. The summed E-state index contributed by atoms with van der Waals surface area (Å²) in [5.41, 5.74) is 2.38. The second-order valence-corrected chi connectivity index (χ2v) is 8.08. The molecule has 6 nitrogen and oxygen atoms in total. The van der Waals surface area contributed by atoms with Gasteiger partial charge in [0.1, 0.15) is 5.65 Å². The molecule has 1 aromatic carbocycles. The Morgan fingerprint density at radius 1 is 1.27 bits per heavy atom. The lowest BCUT2D eigenvalue weighted by Gasteiger charge is -2.23. The van der Waals surface area contributed by atoms with E-state index in [1.54, 1.807) is 0 Å². The molecule has 132 valence electrons. The fourth-order valence-electron chi connectivity index (χ4n) is 2.76. The summed E-state index contributed by atoms with van der Waals surface area (Å²) >= 11 is 4.84. The molecule has 0 aliphatic carbocycles. The molecule has 3 aromatic rings. The number of carbonyl (C=O) groups excluding carboxylic acids is 2. The van der Waals surface area contributed by atoms with Gasteiger partial charge in [-0.25, -0.2) is 4.98 Å². The standard InChI is InChI=1S/C18H15BrN4O2S/c19-11-5-6-16-21-12(10-23(16)9-11)8-20-17(24)7-15-18(25)22-13-3-1-2-4-14(13)26-15/h1-6,9-10,15H,7-8H2,(H,20,24)(H,22,25). The van der Waals surface area contributed by atoms with Crippen molar-refractivity contribution < 1.29 is 9.59 Å². The van der Waals surface area contributed by atoms with Crippen LogP contribution in [0.5, 0.6) is 0 Å². The molecule has 0 saturated carbocycles. The van der Waals surface area contributed by atoms with Crippen LogP contribution in [0.1, 0.15) is 12.1 Å². The Kier molecular flexibility index (Phi) is 4.69. The van der Waals surface area contributed by atoms with E-state index in [4.69, 9.17) is 0 Å². The van der Waals surface area contributed by atoms with Crippen molar-refractivity contribution in [1.82, 2.24) is 14.7 Å². The Balaban J connectivity index is 1.37. The SMILES string of the molecule is O=C(CC1Sc2ccccc2NC1=O)NCc1cn2cc(Br)ccc2n1. The highest BCUT2D eigenvalue weighted by Crippen LogP contribution is 2.36. The number of aromatic nitrogens is 2. The average Bonchev–Trinajstić information content (AvgIpc) is 3.02. The summed E-state index contributed by atoms with van der Waals surface area (Å²) < 4.78 is 2.85. The van der Waals surface area contributed by atoms with Crippen molar-refractivity contribution in [3.8, 4) is 0 Å². The number of anilines is 1. The number of benzene rings is 1. The Labute approximate surface area is 162 Å². The van der Waals surface area contributed by atoms with Crippen molar-refractivity contribution in [3.63, 3.8) is 0 Å². The summed E-state index contributed by atoms with van der Waals surface area (Å²) in [5, 5.41) is 5.27. The van der Waals surface area contributed by atoms with Gasteiger partial charge in [-0.3, -0.25) is 9.59 Å². The highest BCUT2D eigenvalue weighted by atomic mass is 79.9. The second kappa shape index (κ2) is 7.13. The zero-order chi connectivity index (χ0) is 18.1. The van der Waals surface area contributed by atoms with Crippen molar-refractivity contribution in [2.24, 2.45) is 0 Å². The number of pyridine rings is 1. The lowest BCUT2D eigenvalue weighted by atomic mass is 10.2. The van der Waals surface area contributed by atoms with Crippen molar-refractivity contribution in [2.45, 2.75) is 23.1 Å². The lowest BCUT2D eigenvalue weighted by Crippen LogP contribution is -2.34. The smallest absolute Gasteiger partial charge is 0.238 e. The Morgan fingerprint density at radius 3 is 3.00 bits per heavy atom. The molecule has 0 bridgehead atoms. The molecular weight excluding hydrogens is 416 g/mol. The fourth-order valence-corrected chi connectivity index (χ4v) is 4.22. The Morgan fingerprint density at radius 2 is 2.12 bits per heavy atom. The molecule has 1 unspecified atom stereocenters. The highest BCUT2D eigenvalue weighted by molar-refractivity contribution is 9.10. The summed E-state index contributed by atoms with van der Waals surface area (Å²) in [5.74, 6) is -0.309. The van der Waals surface area contributed by atoms with Crippen LogP contribution in [0.15, 0.2) is 58.2 Å². The predicted octanol–water partition coefficient (Wildman–Crippen LogP) is 3.22. The Hall–Kier alpha value is -2.32. The van der Waals surface area contributed by atoms with Gasteiger partial charge in [-0.2, -0.15) is 0 Å². The molecule has 2 amide bonds. The van der Waals surface area contributed by atoms with Gasteiger partial charge in [-0.05, 0) is 40.2 Å². The molecule has 26 heavy (non-hydrogen) atoms. The van der Waals surface area contributed by atoms with E-state index in [2.05, 4.69) is 31.5 Å². The Bertz CT molecular complexity index is 1000. The first-order valence-electron chi connectivity index (χ1n) is 8.05. The molecule has 1 atom stereocenters. The van der Waals surface area contributed by atoms with Gasteiger partial charge in [0, 0.05) is 28.2 Å². The molecule has 1 aliphatic heterocycles. The quantitative estimate of drug-likeness (QED) is 0.666. The summed E-state index contributed by atoms with van der Waals surface area (Å²) in [4.78, 5) is 29.9. The molecule has 1 aliphatic rings. The van der Waals surface area contributed by atoms with E-state index in [0.717, 1.165) is 26.4 Å². The van der Waals surface area contributed by atoms with Crippen LogP contribution in [0.2, 0.25) is 0 Å². The number of carbonyl (C=O) groups is 2. The first-order chi connectivity index (χ1) is 12.6. The number of fused-ring (bicyclic) bond motifs is 2. The van der Waals surface area contributed by atoms with Crippen LogP contribution in [-0.2, 0) is 16.1 Å². The van der Waals surface area contributed by atoms with Crippen LogP contribution in [0.4, 0.5) is 5.69 Å². The molecule has 4 rings (SSSR count). The third-order valence-corrected chi connectivity index (χ3v) is 5.75. The van der Waals surface area contributed by atoms with Crippen LogP contribution < -0.4 is 10.6 Å². The zero-order valence-electron chi connectivity index (χ0n) is 13.6. The van der Waals surface area contributed by atoms with Gasteiger partial charge in [0.25, 0.3) is 0 Å². The number of rotatable bonds is 4. The molecular formula is C18H15BrN4O2S. The number of para-hydroxylation sites is 1. The summed E-state index contributed by atoms with van der Waals surface area (Å²) in [6, 6.07) is 11.4. The average molecular weight is 431 g/mol. The summed E-state index contributed by atoms with van der Waals surface area (Å²) in [7, 11) is 0. The first-order valence-corrected chi connectivity index (χ1v) is 9.72.